The number of ether oxygens (including phenoxy) is 1. The van der Waals surface area contributed by atoms with Gasteiger partial charge in [0.2, 0.25) is 0 Å². The Morgan fingerprint density at radius 1 is 1.48 bits per heavy atom. The maximum absolute atomic E-state index is 9.70. The lowest BCUT2D eigenvalue weighted by molar-refractivity contribution is 0.0639. The molecule has 3 heterocycles. The van der Waals surface area contributed by atoms with Crippen LogP contribution < -0.4 is 10.2 Å². The molecule has 0 spiro atoms. The van der Waals surface area contributed by atoms with E-state index in [1.54, 1.807) is 12.3 Å². The number of anilines is 3. The van der Waals surface area contributed by atoms with E-state index in [9.17, 15) is 5.26 Å². The highest BCUT2D eigenvalue weighted by Gasteiger charge is 2.34. The molecule has 3 rings (SSSR count). The minimum Gasteiger partial charge on any atom is -0.377 e. The molecule has 0 unspecified atom stereocenters. The van der Waals surface area contributed by atoms with Crippen molar-refractivity contribution in [3.05, 3.63) is 29.5 Å². The first-order valence-electron chi connectivity index (χ1n) is 8.87. The van der Waals surface area contributed by atoms with Gasteiger partial charge in [-0.05, 0) is 39.3 Å². The van der Waals surface area contributed by atoms with E-state index in [0.29, 0.717) is 37.0 Å². The summed E-state index contributed by atoms with van der Waals surface area (Å²) in [5.74, 6) is 1.95. The molecule has 2 aromatic heterocycles. The molecule has 1 saturated heterocycles. The Hall–Kier alpha value is -2.92. The molecular formula is C19H25N7O. The number of morpholine rings is 1. The van der Waals surface area contributed by atoms with E-state index in [1.807, 2.05) is 19.9 Å². The van der Waals surface area contributed by atoms with Gasteiger partial charge in [-0.15, -0.1) is 0 Å². The molecule has 0 aliphatic carbocycles. The number of nitriles is 1. The lowest BCUT2D eigenvalue weighted by Gasteiger charge is -2.43. The first-order valence-corrected chi connectivity index (χ1v) is 8.87. The van der Waals surface area contributed by atoms with Gasteiger partial charge in [0.25, 0.3) is 0 Å². The molecule has 1 aliphatic rings. The Kier molecular flexibility index (Phi) is 4.89. The molecule has 0 atom stereocenters. The molecular weight excluding hydrogens is 342 g/mol. The van der Waals surface area contributed by atoms with Crippen molar-refractivity contribution in [1.29, 1.82) is 10.7 Å². The maximum Gasteiger partial charge on any atom is 0.143 e. The second-order valence-corrected chi connectivity index (χ2v) is 7.78. The molecule has 3 N–H and O–H groups in total. The molecule has 8 nitrogen and oxygen atoms in total. The summed E-state index contributed by atoms with van der Waals surface area (Å²) in [6.07, 6.45) is 2.88. The van der Waals surface area contributed by atoms with E-state index in [4.69, 9.17) is 15.1 Å². The summed E-state index contributed by atoms with van der Waals surface area (Å²) in [7, 11) is 0. The number of rotatable bonds is 5. The fraction of sp³-hybridized carbons (Fsp3) is 0.474. The second kappa shape index (κ2) is 7.00. The predicted octanol–water partition coefficient (Wildman–Crippen LogP) is 2.96. The topological polar surface area (TPSA) is 114 Å². The van der Waals surface area contributed by atoms with Crippen molar-refractivity contribution in [1.82, 2.24) is 15.2 Å². The SMILES string of the molecule is CC(C)(C#N)c1cc(N2CCOCC2(C)C)nc(Nc2ccn[nH]2)c1C=N. The summed E-state index contributed by atoms with van der Waals surface area (Å²) < 4.78 is 5.63. The van der Waals surface area contributed by atoms with E-state index in [0.717, 1.165) is 11.4 Å². The number of nitrogens with one attached hydrogen (secondary N) is 3. The van der Waals surface area contributed by atoms with Gasteiger partial charge in [-0.25, -0.2) is 4.98 Å². The first kappa shape index (κ1) is 18.9. The Labute approximate surface area is 159 Å². The third kappa shape index (κ3) is 3.64. The zero-order valence-electron chi connectivity index (χ0n) is 16.1. The monoisotopic (exact) mass is 367 g/mol. The summed E-state index contributed by atoms with van der Waals surface area (Å²) in [5, 5.41) is 27.6. The molecule has 0 amide bonds. The van der Waals surface area contributed by atoms with Gasteiger partial charge < -0.3 is 20.4 Å². The van der Waals surface area contributed by atoms with Crippen molar-refractivity contribution in [3.8, 4) is 6.07 Å². The third-order valence-electron chi connectivity index (χ3n) is 4.82. The molecule has 2 aromatic rings. The smallest absolute Gasteiger partial charge is 0.143 e. The Balaban J connectivity index is 2.18. The van der Waals surface area contributed by atoms with E-state index in [-0.39, 0.29) is 5.54 Å². The zero-order chi connectivity index (χ0) is 19.7. The van der Waals surface area contributed by atoms with Crippen LogP contribution in [0.1, 0.15) is 38.8 Å². The van der Waals surface area contributed by atoms with Gasteiger partial charge in [0.05, 0.1) is 36.4 Å². The summed E-state index contributed by atoms with van der Waals surface area (Å²) >= 11 is 0. The van der Waals surface area contributed by atoms with Crippen molar-refractivity contribution in [3.63, 3.8) is 0 Å². The third-order valence-corrected chi connectivity index (χ3v) is 4.82. The fourth-order valence-corrected chi connectivity index (χ4v) is 3.23. The number of aromatic amines is 1. The molecule has 8 heteroatoms. The van der Waals surface area contributed by atoms with Crippen LogP contribution >= 0.6 is 0 Å². The summed E-state index contributed by atoms with van der Waals surface area (Å²) in [4.78, 5) is 6.99. The minimum atomic E-state index is -0.772. The highest BCUT2D eigenvalue weighted by atomic mass is 16.5. The van der Waals surface area contributed by atoms with E-state index in [1.165, 1.54) is 6.21 Å². The Bertz CT molecular complexity index is 865. The summed E-state index contributed by atoms with van der Waals surface area (Å²) in [6.45, 7) is 9.84. The van der Waals surface area contributed by atoms with Crippen LogP contribution in [-0.4, -0.2) is 46.7 Å². The molecule has 0 aromatic carbocycles. The zero-order valence-corrected chi connectivity index (χ0v) is 16.1. The van der Waals surface area contributed by atoms with Crippen LogP contribution in [0.5, 0.6) is 0 Å². The highest BCUT2D eigenvalue weighted by Crippen LogP contribution is 2.35. The normalized spacial score (nSPS) is 16.6. The number of nitrogens with zero attached hydrogens (tertiary/aromatic N) is 4. The van der Waals surface area contributed by atoms with Crippen LogP contribution in [-0.2, 0) is 10.2 Å². The molecule has 0 bridgehead atoms. The largest absolute Gasteiger partial charge is 0.377 e. The second-order valence-electron chi connectivity index (χ2n) is 7.78. The number of aromatic nitrogens is 3. The van der Waals surface area contributed by atoms with Gasteiger partial charge in [0, 0.05) is 24.4 Å². The number of H-pyrrole nitrogens is 1. The number of pyridine rings is 1. The van der Waals surface area contributed by atoms with Crippen LogP contribution in [0.4, 0.5) is 17.5 Å². The lowest BCUT2D eigenvalue weighted by atomic mass is 9.83. The Morgan fingerprint density at radius 3 is 2.85 bits per heavy atom. The van der Waals surface area contributed by atoms with Crippen molar-refractivity contribution >= 4 is 23.7 Å². The summed E-state index contributed by atoms with van der Waals surface area (Å²) in [6, 6.07) is 6.06. The van der Waals surface area contributed by atoms with Crippen LogP contribution in [0.15, 0.2) is 18.3 Å². The molecule has 0 radical (unpaired) electrons. The van der Waals surface area contributed by atoms with Gasteiger partial charge in [-0.2, -0.15) is 10.4 Å². The lowest BCUT2D eigenvalue weighted by Crippen LogP contribution is -2.53. The minimum absolute atomic E-state index is 0.225. The van der Waals surface area contributed by atoms with Crippen molar-refractivity contribution < 1.29 is 4.74 Å². The molecule has 1 fully saturated rings. The van der Waals surface area contributed by atoms with Gasteiger partial charge in [-0.1, -0.05) is 0 Å². The van der Waals surface area contributed by atoms with Crippen LogP contribution in [0.25, 0.3) is 0 Å². The van der Waals surface area contributed by atoms with Gasteiger partial charge in [0.1, 0.15) is 17.5 Å². The molecule has 0 saturated carbocycles. The average Bonchev–Trinajstić information content (AvgIpc) is 3.13. The molecule has 142 valence electrons. The van der Waals surface area contributed by atoms with Crippen LogP contribution in [0, 0.1) is 16.7 Å². The summed E-state index contributed by atoms with van der Waals surface area (Å²) in [5.41, 5.74) is 0.350. The van der Waals surface area contributed by atoms with Crippen molar-refractivity contribution in [2.24, 2.45) is 0 Å². The van der Waals surface area contributed by atoms with Gasteiger partial charge in [-0.3, -0.25) is 5.10 Å². The predicted molar refractivity (Wildman–Crippen MR) is 105 cm³/mol. The number of hydrogen-bond donors (Lipinski definition) is 3. The van der Waals surface area contributed by atoms with Crippen molar-refractivity contribution in [2.75, 3.05) is 30.0 Å². The fourth-order valence-electron chi connectivity index (χ4n) is 3.23. The van der Waals surface area contributed by atoms with E-state index >= 15 is 0 Å². The van der Waals surface area contributed by atoms with Gasteiger partial charge >= 0.3 is 0 Å². The Morgan fingerprint density at radius 2 is 2.26 bits per heavy atom. The molecule has 1 aliphatic heterocycles. The molecule has 27 heavy (non-hydrogen) atoms. The maximum atomic E-state index is 9.70. The van der Waals surface area contributed by atoms with Gasteiger partial charge in [0.15, 0.2) is 0 Å². The van der Waals surface area contributed by atoms with Crippen molar-refractivity contribution in [2.45, 2.75) is 38.6 Å². The number of hydrogen-bond acceptors (Lipinski definition) is 7. The van der Waals surface area contributed by atoms with E-state index < -0.39 is 5.41 Å². The van der Waals surface area contributed by atoms with Crippen LogP contribution in [0.2, 0.25) is 0 Å². The quantitative estimate of drug-likeness (QED) is 0.700. The average molecular weight is 367 g/mol. The van der Waals surface area contributed by atoms with E-state index in [2.05, 4.69) is 40.3 Å². The first-order chi connectivity index (χ1) is 12.8. The standard InChI is InChI=1S/C19H25N7O/c1-18(2,11-21)14-9-16(26-7-8-27-12-19(26,3)4)24-17(13(14)10-20)23-15-5-6-22-25-15/h5-6,9-10,20H,7-8,12H2,1-4H3,(H2,22,23,24,25). The van der Waals surface area contributed by atoms with Crippen LogP contribution in [0.3, 0.4) is 0 Å². The highest BCUT2D eigenvalue weighted by molar-refractivity contribution is 5.89.